The molecule has 2 nitrogen and oxygen atoms in total. The van der Waals surface area contributed by atoms with Crippen LogP contribution < -0.4 is 0 Å². The van der Waals surface area contributed by atoms with E-state index in [0.29, 0.717) is 6.10 Å². The monoisotopic (exact) mass is 170 g/mol. The molecule has 0 aromatic heterocycles. The van der Waals surface area contributed by atoms with Gasteiger partial charge in [-0.3, -0.25) is 0 Å². The van der Waals surface area contributed by atoms with Crippen LogP contribution in [-0.2, 0) is 4.74 Å². The van der Waals surface area contributed by atoms with E-state index in [9.17, 15) is 5.11 Å². The van der Waals surface area contributed by atoms with Crippen molar-refractivity contribution in [3.63, 3.8) is 0 Å². The molecule has 1 N–H and O–H groups in total. The zero-order chi connectivity index (χ0) is 8.82. The number of rotatable bonds is 0. The van der Waals surface area contributed by atoms with Crippen molar-refractivity contribution in [3.8, 4) is 0 Å². The number of aliphatic hydroxyl groups is 1. The lowest BCUT2D eigenvalue weighted by Gasteiger charge is -2.33. The van der Waals surface area contributed by atoms with E-state index >= 15 is 0 Å². The molecule has 70 valence electrons. The lowest BCUT2D eigenvalue weighted by molar-refractivity contribution is -0.181. The van der Waals surface area contributed by atoms with Gasteiger partial charge in [0.15, 0.2) is 5.79 Å². The Balaban J connectivity index is 2.16. The van der Waals surface area contributed by atoms with Crippen molar-refractivity contribution >= 4 is 0 Å². The maximum Gasteiger partial charge on any atom is 0.163 e. The molecule has 0 bridgehead atoms. The predicted octanol–water partition coefficient (Wildman–Crippen LogP) is 2.06. The third-order valence-corrected chi connectivity index (χ3v) is 3.37. The van der Waals surface area contributed by atoms with Crippen LogP contribution in [0.15, 0.2) is 0 Å². The Bertz CT molecular complexity index is 188. The van der Waals surface area contributed by atoms with E-state index in [2.05, 4.69) is 6.92 Å². The van der Waals surface area contributed by atoms with Crippen LogP contribution >= 0.6 is 0 Å². The van der Waals surface area contributed by atoms with Gasteiger partial charge in [-0.1, -0.05) is 19.8 Å². The third kappa shape index (κ3) is 1.27. The van der Waals surface area contributed by atoms with E-state index in [-0.39, 0.29) is 5.41 Å². The summed E-state index contributed by atoms with van der Waals surface area (Å²) in [6.45, 7) is 4.04. The van der Waals surface area contributed by atoms with Gasteiger partial charge in [-0.05, 0) is 25.2 Å². The molecule has 1 heterocycles. The predicted molar refractivity (Wildman–Crippen MR) is 46.7 cm³/mol. The molecule has 0 amide bonds. The van der Waals surface area contributed by atoms with Crippen LogP contribution in [0.1, 0.15) is 46.0 Å². The number of ether oxygens (including phenoxy) is 1. The molecule has 1 aliphatic heterocycles. The Morgan fingerprint density at radius 3 is 2.75 bits per heavy atom. The average Bonchev–Trinajstić information content (AvgIpc) is 2.16. The largest absolute Gasteiger partial charge is 0.366 e. The van der Waals surface area contributed by atoms with Gasteiger partial charge < -0.3 is 9.84 Å². The topological polar surface area (TPSA) is 29.5 Å². The minimum atomic E-state index is -0.857. The highest BCUT2D eigenvalue weighted by molar-refractivity contribution is 4.96. The van der Waals surface area contributed by atoms with E-state index in [1.807, 2.05) is 0 Å². The first-order valence-electron chi connectivity index (χ1n) is 4.92. The van der Waals surface area contributed by atoms with Crippen LogP contribution in [0.3, 0.4) is 0 Å². The van der Waals surface area contributed by atoms with Crippen LogP contribution in [0.25, 0.3) is 0 Å². The molecular weight excluding hydrogens is 152 g/mol. The Hall–Kier alpha value is -0.0800. The molecule has 0 spiro atoms. The second-order valence-electron chi connectivity index (χ2n) is 4.86. The Labute approximate surface area is 73.9 Å². The fourth-order valence-electron chi connectivity index (χ4n) is 2.87. The van der Waals surface area contributed by atoms with E-state index in [1.165, 1.54) is 19.3 Å². The fourth-order valence-corrected chi connectivity index (χ4v) is 2.87. The van der Waals surface area contributed by atoms with Crippen molar-refractivity contribution < 1.29 is 9.84 Å². The van der Waals surface area contributed by atoms with Gasteiger partial charge in [-0.2, -0.15) is 0 Å². The second-order valence-corrected chi connectivity index (χ2v) is 4.86. The summed E-state index contributed by atoms with van der Waals surface area (Å²) in [6, 6.07) is 0. The number of hydrogen-bond donors (Lipinski definition) is 1. The molecule has 2 rings (SSSR count). The minimum Gasteiger partial charge on any atom is -0.366 e. The Morgan fingerprint density at radius 1 is 1.33 bits per heavy atom. The zero-order valence-electron chi connectivity index (χ0n) is 7.97. The molecular formula is C10H18O2. The molecule has 3 atom stereocenters. The van der Waals surface area contributed by atoms with E-state index in [0.717, 1.165) is 12.8 Å². The lowest BCUT2D eigenvalue weighted by atomic mass is 9.72. The van der Waals surface area contributed by atoms with Crippen LogP contribution in [0.4, 0.5) is 0 Å². The van der Waals surface area contributed by atoms with Gasteiger partial charge in [0, 0.05) is 6.42 Å². The smallest absolute Gasteiger partial charge is 0.163 e. The lowest BCUT2D eigenvalue weighted by Crippen LogP contribution is -2.30. The quantitative estimate of drug-likeness (QED) is 0.603. The van der Waals surface area contributed by atoms with Gasteiger partial charge in [0.1, 0.15) is 0 Å². The van der Waals surface area contributed by atoms with Gasteiger partial charge in [0.2, 0.25) is 0 Å². The zero-order valence-corrected chi connectivity index (χ0v) is 7.97. The van der Waals surface area contributed by atoms with Crippen LogP contribution in [-0.4, -0.2) is 17.0 Å². The first-order valence-corrected chi connectivity index (χ1v) is 4.92. The first kappa shape index (κ1) is 8.52. The van der Waals surface area contributed by atoms with Crippen molar-refractivity contribution in [1.29, 1.82) is 0 Å². The minimum absolute atomic E-state index is 0.252. The summed E-state index contributed by atoms with van der Waals surface area (Å²) in [4.78, 5) is 0. The SMILES string of the molecule is CC1(O)C[C@@]2(C)CCCCC2O1. The molecule has 12 heavy (non-hydrogen) atoms. The highest BCUT2D eigenvalue weighted by atomic mass is 16.6. The van der Waals surface area contributed by atoms with Crippen molar-refractivity contribution in [2.75, 3.05) is 0 Å². The Kier molecular flexibility index (Phi) is 1.74. The number of hydrogen-bond acceptors (Lipinski definition) is 2. The summed E-state index contributed by atoms with van der Waals surface area (Å²) in [5.74, 6) is -0.857. The summed E-state index contributed by atoms with van der Waals surface area (Å²) in [5, 5.41) is 9.77. The molecule has 2 aliphatic rings. The van der Waals surface area contributed by atoms with E-state index in [4.69, 9.17) is 4.74 Å². The van der Waals surface area contributed by atoms with Crippen LogP contribution in [0.5, 0.6) is 0 Å². The summed E-state index contributed by atoms with van der Waals surface area (Å²) >= 11 is 0. The van der Waals surface area contributed by atoms with Gasteiger partial charge in [-0.15, -0.1) is 0 Å². The highest BCUT2D eigenvalue weighted by Crippen LogP contribution is 2.50. The summed E-state index contributed by atoms with van der Waals surface area (Å²) in [5.41, 5.74) is 0.252. The van der Waals surface area contributed by atoms with Gasteiger partial charge in [0.25, 0.3) is 0 Å². The van der Waals surface area contributed by atoms with Crippen molar-refractivity contribution in [2.24, 2.45) is 5.41 Å². The maximum absolute atomic E-state index is 9.77. The molecule has 1 saturated carbocycles. The number of fused-ring (bicyclic) bond motifs is 1. The molecule has 1 aliphatic carbocycles. The third-order valence-electron chi connectivity index (χ3n) is 3.37. The molecule has 0 aromatic carbocycles. The molecule has 0 aromatic rings. The average molecular weight is 170 g/mol. The standard InChI is InChI=1S/C10H18O2/c1-9-6-4-3-5-8(9)12-10(2,11)7-9/h8,11H,3-7H2,1-2H3/t8?,9-,10?/m1/s1. The summed E-state index contributed by atoms with van der Waals surface area (Å²) in [6.07, 6.45) is 6.02. The summed E-state index contributed by atoms with van der Waals surface area (Å²) in [7, 11) is 0. The maximum atomic E-state index is 9.77. The molecule has 2 heteroatoms. The molecule has 2 fully saturated rings. The van der Waals surface area contributed by atoms with E-state index < -0.39 is 5.79 Å². The normalized spacial score (nSPS) is 53.8. The van der Waals surface area contributed by atoms with Crippen molar-refractivity contribution in [3.05, 3.63) is 0 Å². The molecule has 0 radical (unpaired) electrons. The molecule has 1 saturated heterocycles. The van der Waals surface area contributed by atoms with Crippen molar-refractivity contribution in [1.82, 2.24) is 0 Å². The highest BCUT2D eigenvalue weighted by Gasteiger charge is 2.50. The van der Waals surface area contributed by atoms with Crippen molar-refractivity contribution in [2.45, 2.75) is 57.8 Å². The van der Waals surface area contributed by atoms with Gasteiger partial charge in [0.05, 0.1) is 6.10 Å². The first-order chi connectivity index (χ1) is 5.52. The van der Waals surface area contributed by atoms with E-state index in [1.54, 1.807) is 6.92 Å². The summed E-state index contributed by atoms with van der Waals surface area (Å²) < 4.78 is 5.61. The Morgan fingerprint density at radius 2 is 2.08 bits per heavy atom. The van der Waals surface area contributed by atoms with Crippen LogP contribution in [0, 0.1) is 5.41 Å². The van der Waals surface area contributed by atoms with Gasteiger partial charge >= 0.3 is 0 Å². The second kappa shape index (κ2) is 2.46. The fraction of sp³-hybridized carbons (Fsp3) is 1.00. The van der Waals surface area contributed by atoms with Gasteiger partial charge in [-0.25, -0.2) is 0 Å². The van der Waals surface area contributed by atoms with Crippen LogP contribution in [0.2, 0.25) is 0 Å². The molecule has 2 unspecified atom stereocenters.